The van der Waals surface area contributed by atoms with E-state index >= 15 is 0 Å². The fourth-order valence-corrected chi connectivity index (χ4v) is 10.9. The molecular formula is C54H57LiN4O13S2. The van der Waals surface area contributed by atoms with Crippen LogP contribution in [0.3, 0.4) is 0 Å². The maximum absolute atomic E-state index is 13.8. The van der Waals surface area contributed by atoms with Gasteiger partial charge in [0.15, 0.2) is 0 Å². The second-order valence-electron chi connectivity index (χ2n) is 16.7. The summed E-state index contributed by atoms with van der Waals surface area (Å²) >= 11 is 0. The molecule has 2 atom stereocenters. The Hall–Kier alpha value is -7.50. The third kappa shape index (κ3) is 14.4. The monoisotopic (exact) mass is 1040 g/mol. The minimum atomic E-state index is -4.20. The number of terminal acetylenes is 2. The van der Waals surface area contributed by atoms with Crippen LogP contribution in [0.15, 0.2) is 131 Å². The fourth-order valence-electron chi connectivity index (χ4n) is 8.00. The van der Waals surface area contributed by atoms with Crippen molar-refractivity contribution in [2.75, 3.05) is 58.8 Å². The number of carbonyl (C=O) groups is 4. The second kappa shape index (κ2) is 27.0. The molecule has 384 valence electrons. The van der Waals surface area contributed by atoms with E-state index in [0.29, 0.717) is 32.9 Å². The Morgan fingerprint density at radius 2 is 0.865 bits per heavy atom. The summed E-state index contributed by atoms with van der Waals surface area (Å²) in [6.45, 7) is 6.36. The Balaban J connectivity index is 0.000000381. The number of hydrogen-bond donors (Lipinski definition) is 2. The zero-order valence-electron chi connectivity index (χ0n) is 42.1. The van der Waals surface area contributed by atoms with Crippen LogP contribution in [0.5, 0.6) is 0 Å². The number of carbonyl (C=O) groups excluding carboxylic acids is 2. The van der Waals surface area contributed by atoms with Crippen LogP contribution >= 0.6 is 0 Å². The van der Waals surface area contributed by atoms with E-state index in [0.717, 1.165) is 25.4 Å². The van der Waals surface area contributed by atoms with E-state index in [4.69, 9.17) is 22.3 Å². The van der Waals surface area contributed by atoms with Crippen molar-refractivity contribution in [1.82, 2.24) is 0 Å². The van der Waals surface area contributed by atoms with Crippen molar-refractivity contribution < 1.29 is 80.0 Å². The molecule has 0 unspecified atom stereocenters. The molecule has 17 nitrogen and oxygen atoms in total. The second-order valence-corrected chi connectivity index (χ2v) is 20.4. The molecule has 0 amide bonds. The summed E-state index contributed by atoms with van der Waals surface area (Å²) in [5.41, 5.74) is 3.62. The van der Waals surface area contributed by atoms with E-state index < -0.39 is 57.1 Å². The number of fused-ring (bicyclic) bond motifs is 2. The van der Waals surface area contributed by atoms with Crippen LogP contribution in [0.25, 0.3) is 21.5 Å². The van der Waals surface area contributed by atoms with E-state index in [9.17, 15) is 46.2 Å². The van der Waals surface area contributed by atoms with Crippen molar-refractivity contribution >= 4 is 88.2 Å². The van der Waals surface area contributed by atoms with Crippen LogP contribution in [-0.2, 0) is 48.7 Å². The van der Waals surface area contributed by atoms with Gasteiger partial charge in [0.1, 0.15) is 13.1 Å². The summed E-state index contributed by atoms with van der Waals surface area (Å²) < 4.78 is 66.1. The zero-order chi connectivity index (χ0) is 52.9. The Morgan fingerprint density at radius 1 is 0.527 bits per heavy atom. The molecule has 3 N–H and O–H groups in total. The van der Waals surface area contributed by atoms with Crippen molar-refractivity contribution in [2.45, 2.75) is 62.4 Å². The number of benzene rings is 6. The van der Waals surface area contributed by atoms with Gasteiger partial charge in [0.05, 0.1) is 61.3 Å². The van der Waals surface area contributed by atoms with E-state index in [2.05, 4.69) is 11.8 Å². The van der Waals surface area contributed by atoms with Crippen molar-refractivity contribution in [1.29, 1.82) is 0 Å². The Morgan fingerprint density at radius 3 is 1.20 bits per heavy atom. The molecule has 0 aliphatic heterocycles. The van der Waals surface area contributed by atoms with Crippen LogP contribution in [-0.4, -0.2) is 109 Å². The number of carboxylic acid groups (broad SMARTS) is 2. The molecule has 0 spiro atoms. The number of aryl methyl sites for hydroxylation is 2. The molecule has 0 radical (unpaired) electrons. The van der Waals surface area contributed by atoms with Gasteiger partial charge in [0.2, 0.25) is 0 Å². The zero-order valence-corrected chi connectivity index (χ0v) is 43.8. The van der Waals surface area contributed by atoms with Crippen LogP contribution in [0, 0.1) is 38.5 Å². The topological polar surface area (TPSA) is 238 Å². The van der Waals surface area contributed by atoms with E-state index in [1.54, 1.807) is 90.7 Å². The molecule has 0 heterocycles. The summed E-state index contributed by atoms with van der Waals surface area (Å²) in [4.78, 5) is 51.0. The van der Waals surface area contributed by atoms with Gasteiger partial charge in [-0.05, 0) is 76.2 Å². The molecule has 0 saturated carbocycles. The number of rotatable bonds is 20. The molecule has 0 fully saturated rings. The number of aliphatic carboxylic acids is 2. The smallest absolute Gasteiger partial charge is 0.870 e. The largest absolute Gasteiger partial charge is 1.00 e. The molecule has 6 aromatic carbocycles. The van der Waals surface area contributed by atoms with Crippen LogP contribution in [0.1, 0.15) is 37.8 Å². The molecule has 0 bridgehead atoms. The predicted molar refractivity (Wildman–Crippen MR) is 281 cm³/mol. The van der Waals surface area contributed by atoms with Crippen LogP contribution in [0.4, 0.5) is 22.7 Å². The third-order valence-electron chi connectivity index (χ3n) is 11.7. The van der Waals surface area contributed by atoms with Gasteiger partial charge in [-0.25, -0.2) is 16.8 Å². The quantitative estimate of drug-likeness (QED) is 0.0610. The predicted octanol–water partition coefficient (Wildman–Crippen LogP) is 4.47. The average molecular weight is 1040 g/mol. The van der Waals surface area contributed by atoms with Crippen molar-refractivity contribution in [3.8, 4) is 24.7 Å². The maximum Gasteiger partial charge on any atom is 1.00 e. The maximum atomic E-state index is 13.8. The molecule has 0 aliphatic rings. The van der Waals surface area contributed by atoms with Gasteiger partial charge >= 0.3 is 42.7 Å². The average Bonchev–Trinajstić information content (AvgIpc) is 3.35. The summed E-state index contributed by atoms with van der Waals surface area (Å²) in [7, 11) is -5.79. The number of methoxy groups -OCH3 is 2. The number of sulfonamides is 2. The van der Waals surface area contributed by atoms with Crippen molar-refractivity contribution in [3.05, 3.63) is 132 Å². The fraction of sp³-hybridized carbons (Fsp3) is 0.259. The van der Waals surface area contributed by atoms with E-state index in [1.807, 2.05) is 37.8 Å². The van der Waals surface area contributed by atoms with E-state index in [-0.39, 0.29) is 77.8 Å². The number of esters is 2. The van der Waals surface area contributed by atoms with Gasteiger partial charge in [-0.15, -0.1) is 12.8 Å². The van der Waals surface area contributed by atoms with Gasteiger partial charge in [-0.3, -0.25) is 27.8 Å². The number of carboxylic acids is 2. The Labute approximate surface area is 444 Å². The van der Waals surface area contributed by atoms with Gasteiger partial charge in [-0.2, -0.15) is 0 Å². The number of hydrogen-bond acceptors (Lipinski definition) is 13. The molecule has 0 aromatic heterocycles. The summed E-state index contributed by atoms with van der Waals surface area (Å²) in [5, 5.41) is 21.2. The number of nitrogens with zero attached hydrogens (tertiary/aromatic N) is 4. The first kappa shape index (κ1) is 60.8. The molecule has 74 heavy (non-hydrogen) atoms. The van der Waals surface area contributed by atoms with Gasteiger partial charge in [-0.1, -0.05) is 95.8 Å². The van der Waals surface area contributed by atoms with Crippen molar-refractivity contribution in [3.63, 3.8) is 0 Å². The normalized spacial score (nSPS) is 11.6. The first-order valence-electron chi connectivity index (χ1n) is 22.4. The standard InChI is InChI=1S/C28H30N2O6S.C26H26N2O6S.Li.H2O/c1-6-17-29(21(3)18-27(31)35-4)25-15-16-26(24-10-8-7-9-23(24)25)30(19-28(32)36-5)37(33,34)22-13-11-20(2)12-14-22;1-4-15-27(19(3)16-25(29)30)23-13-14-24(22-8-6-5-7-21(22)23)28(17-26(31)32)35(33,34)20-11-9-18(2)10-12-20;;/h1,7-16,21H,17-19H2,2-5H3;1,5-14,19H,15-17H2,2-3H3,(H,29,30)(H,31,32);;1H2/q;;+1;/p-1/t21-;19-;;/m00../s1. The van der Waals surface area contributed by atoms with Gasteiger partial charge in [0.25, 0.3) is 20.0 Å². The number of anilines is 4. The summed E-state index contributed by atoms with van der Waals surface area (Å²) in [6, 6.07) is 32.6. The first-order chi connectivity index (χ1) is 34.2. The minimum absolute atomic E-state index is 0. The first-order valence-corrected chi connectivity index (χ1v) is 25.3. The van der Waals surface area contributed by atoms with Crippen LogP contribution < -0.4 is 37.3 Å². The third-order valence-corrected chi connectivity index (χ3v) is 15.2. The molecule has 20 heteroatoms. The SMILES string of the molecule is C#CCN(c1ccc(N(CC(=O)O)S(=O)(=O)c2ccc(C)cc2)c2ccccc12)[C@@H](C)CC(=O)O.C#CCN(c1ccc(N(CC(=O)OC)S(=O)(=O)c2ccc(C)cc2)c2ccccc12)[C@@H](C)CC(=O)OC.[Li+].[OH-]. The minimum Gasteiger partial charge on any atom is -0.870 e. The molecular weight excluding hydrogens is 984 g/mol. The van der Waals surface area contributed by atoms with Crippen molar-refractivity contribution in [2.24, 2.45) is 0 Å². The summed E-state index contributed by atoms with van der Waals surface area (Å²) in [6.07, 6.45) is 11.2. The van der Waals surface area contributed by atoms with E-state index in [1.165, 1.54) is 44.6 Å². The van der Waals surface area contributed by atoms with Gasteiger partial charge < -0.3 is 35.0 Å². The number of ether oxygens (including phenoxy) is 2. The molecule has 6 aromatic rings. The molecule has 0 saturated heterocycles. The summed E-state index contributed by atoms with van der Waals surface area (Å²) in [5.74, 6) is 1.82. The molecule has 6 rings (SSSR count). The molecule has 0 aliphatic carbocycles. The van der Waals surface area contributed by atoms with Crippen LogP contribution in [0.2, 0.25) is 0 Å². The van der Waals surface area contributed by atoms with Gasteiger partial charge in [0, 0.05) is 45.0 Å². The Kier molecular flexibility index (Phi) is 22.2. The Bertz CT molecular complexity index is 3270.